The fraction of sp³-hybridized carbons (Fsp3) is 0.0800. The summed E-state index contributed by atoms with van der Waals surface area (Å²) in [5, 5.41) is 13.4. The average molecular weight is 463 g/mol. The first-order valence-electron chi connectivity index (χ1n) is 9.99. The summed E-state index contributed by atoms with van der Waals surface area (Å²) in [4.78, 5) is 38.4. The number of hydrogen-bond donors (Lipinski definition) is 2. The second kappa shape index (κ2) is 9.18. The quantitative estimate of drug-likeness (QED) is 0.445. The van der Waals surface area contributed by atoms with E-state index < -0.39 is 17.3 Å². The van der Waals surface area contributed by atoms with Crippen LogP contribution < -0.4 is 15.5 Å². The van der Waals surface area contributed by atoms with Gasteiger partial charge in [0.25, 0.3) is 5.91 Å². The van der Waals surface area contributed by atoms with Gasteiger partial charge < -0.3 is 19.7 Å². The van der Waals surface area contributed by atoms with Crippen LogP contribution in [0, 0.1) is 0 Å². The monoisotopic (exact) mass is 462 g/mol. The number of hydrogen-bond acceptors (Lipinski definition) is 4. The Morgan fingerprint density at radius 3 is 2.48 bits per heavy atom. The lowest BCUT2D eigenvalue weighted by Gasteiger charge is -2.19. The molecular formula is C25H19ClN2O5. The maximum absolute atomic E-state index is 13.3. The minimum absolute atomic E-state index is 0.0441. The molecule has 0 saturated carbocycles. The number of carboxylic acid groups (broad SMARTS) is 1. The summed E-state index contributed by atoms with van der Waals surface area (Å²) in [5.41, 5.74) is 0.449. The average Bonchev–Trinajstić information content (AvgIpc) is 2.83. The van der Waals surface area contributed by atoms with Gasteiger partial charge in [-0.1, -0.05) is 35.9 Å². The van der Waals surface area contributed by atoms with E-state index in [1.54, 1.807) is 72.8 Å². The second-order valence-corrected chi connectivity index (χ2v) is 7.64. The van der Waals surface area contributed by atoms with E-state index >= 15 is 0 Å². The van der Waals surface area contributed by atoms with Gasteiger partial charge in [-0.3, -0.25) is 9.59 Å². The van der Waals surface area contributed by atoms with Gasteiger partial charge in [0.05, 0.1) is 18.2 Å². The maximum atomic E-state index is 13.3. The lowest BCUT2D eigenvalue weighted by atomic mass is 10.1. The molecule has 7 nitrogen and oxygen atoms in total. The number of carbonyl (C=O) groups excluding carboxylic acids is 1. The van der Waals surface area contributed by atoms with Crippen LogP contribution in [0.25, 0.3) is 16.6 Å². The highest BCUT2D eigenvalue weighted by molar-refractivity contribution is 6.31. The topological polar surface area (TPSA) is 97.6 Å². The number of ether oxygens (including phenoxy) is 1. The number of carbonyl (C=O) groups is 2. The van der Waals surface area contributed by atoms with Crippen molar-refractivity contribution in [2.75, 3.05) is 7.11 Å². The zero-order valence-corrected chi connectivity index (χ0v) is 18.3. The van der Waals surface area contributed by atoms with Crippen molar-refractivity contribution in [2.45, 2.75) is 6.54 Å². The van der Waals surface area contributed by atoms with Gasteiger partial charge in [-0.25, -0.2) is 4.79 Å². The molecule has 4 aromatic rings. The van der Waals surface area contributed by atoms with Gasteiger partial charge in [-0.2, -0.15) is 0 Å². The van der Waals surface area contributed by atoms with E-state index in [9.17, 15) is 19.5 Å². The first-order valence-corrected chi connectivity index (χ1v) is 10.4. The predicted molar refractivity (Wildman–Crippen MR) is 126 cm³/mol. The van der Waals surface area contributed by atoms with Gasteiger partial charge in [0.1, 0.15) is 11.4 Å². The Morgan fingerprint density at radius 1 is 1.03 bits per heavy atom. The van der Waals surface area contributed by atoms with Crippen LogP contribution >= 0.6 is 11.6 Å². The molecular weight excluding hydrogens is 444 g/mol. The molecule has 1 aromatic heterocycles. The van der Waals surface area contributed by atoms with E-state index in [0.29, 0.717) is 32.9 Å². The van der Waals surface area contributed by atoms with Crippen LogP contribution in [0.15, 0.2) is 77.6 Å². The van der Waals surface area contributed by atoms with Gasteiger partial charge >= 0.3 is 5.97 Å². The van der Waals surface area contributed by atoms with Crippen molar-refractivity contribution in [1.82, 2.24) is 9.88 Å². The molecule has 0 aliphatic rings. The van der Waals surface area contributed by atoms with Gasteiger partial charge in [0, 0.05) is 28.2 Å². The maximum Gasteiger partial charge on any atom is 0.353 e. The number of benzene rings is 3. The Bertz CT molecular complexity index is 1430. The van der Waals surface area contributed by atoms with Gasteiger partial charge in [-0.05, 0) is 48.5 Å². The SMILES string of the molecule is COc1cccc(C(=O)NCc2c(C(=O)O)n(-c3ccccc3)c3cc(Cl)ccc3c2=O)c1. The summed E-state index contributed by atoms with van der Waals surface area (Å²) >= 11 is 6.17. The molecule has 8 heteroatoms. The third-order valence-electron chi connectivity index (χ3n) is 5.20. The van der Waals surface area contributed by atoms with Crippen LogP contribution in [0.2, 0.25) is 5.02 Å². The van der Waals surface area contributed by atoms with Crippen LogP contribution in [0.3, 0.4) is 0 Å². The standard InChI is InChI=1S/C25H19ClN2O5/c1-33-18-9-5-6-15(12-18)24(30)27-14-20-22(25(31)32)28(17-7-3-2-4-8-17)21-13-16(26)10-11-19(21)23(20)29/h2-13H,14H2,1H3,(H,27,30)(H,31,32). The molecule has 3 aromatic carbocycles. The molecule has 166 valence electrons. The third kappa shape index (κ3) is 4.31. The Labute approximate surface area is 193 Å². The van der Waals surface area contributed by atoms with Crippen molar-refractivity contribution in [3.8, 4) is 11.4 Å². The largest absolute Gasteiger partial charge is 0.497 e. The van der Waals surface area contributed by atoms with E-state index in [1.807, 2.05) is 0 Å². The molecule has 0 radical (unpaired) electrons. The lowest BCUT2D eigenvalue weighted by molar-refractivity contribution is 0.0685. The van der Waals surface area contributed by atoms with Crippen LogP contribution in [-0.4, -0.2) is 28.7 Å². The first kappa shape index (κ1) is 22.1. The van der Waals surface area contributed by atoms with Crippen molar-refractivity contribution < 1.29 is 19.4 Å². The molecule has 0 aliphatic heterocycles. The zero-order chi connectivity index (χ0) is 23.5. The highest BCUT2D eigenvalue weighted by Crippen LogP contribution is 2.25. The summed E-state index contributed by atoms with van der Waals surface area (Å²) in [6.07, 6.45) is 0. The number of nitrogens with zero attached hydrogens (tertiary/aromatic N) is 1. The van der Waals surface area contributed by atoms with Crippen LogP contribution in [-0.2, 0) is 6.54 Å². The molecule has 0 bridgehead atoms. The van der Waals surface area contributed by atoms with E-state index in [1.165, 1.54) is 11.7 Å². The Morgan fingerprint density at radius 2 is 1.79 bits per heavy atom. The highest BCUT2D eigenvalue weighted by atomic mass is 35.5. The van der Waals surface area contributed by atoms with E-state index in [4.69, 9.17) is 16.3 Å². The summed E-state index contributed by atoms with van der Waals surface area (Å²) in [6, 6.07) is 20.0. The number of carboxylic acids is 1. The number of nitrogens with one attached hydrogen (secondary N) is 1. The number of fused-ring (bicyclic) bond motifs is 1. The molecule has 0 aliphatic carbocycles. The zero-order valence-electron chi connectivity index (χ0n) is 17.5. The minimum Gasteiger partial charge on any atom is -0.497 e. The van der Waals surface area contributed by atoms with E-state index in [-0.39, 0.29) is 17.8 Å². The smallest absolute Gasteiger partial charge is 0.353 e. The normalized spacial score (nSPS) is 10.7. The summed E-state index contributed by atoms with van der Waals surface area (Å²) < 4.78 is 6.61. The molecule has 0 unspecified atom stereocenters. The first-order chi connectivity index (χ1) is 15.9. The summed E-state index contributed by atoms with van der Waals surface area (Å²) in [7, 11) is 1.49. The Balaban J connectivity index is 1.87. The van der Waals surface area contributed by atoms with Gasteiger partial charge in [0.15, 0.2) is 5.43 Å². The van der Waals surface area contributed by atoms with Crippen molar-refractivity contribution in [1.29, 1.82) is 0 Å². The fourth-order valence-electron chi connectivity index (χ4n) is 3.68. The molecule has 1 heterocycles. The highest BCUT2D eigenvalue weighted by Gasteiger charge is 2.23. The lowest BCUT2D eigenvalue weighted by Crippen LogP contribution is -2.30. The van der Waals surface area contributed by atoms with Crippen LogP contribution in [0.4, 0.5) is 0 Å². The van der Waals surface area contributed by atoms with Crippen molar-refractivity contribution in [3.05, 3.63) is 105 Å². The molecule has 0 atom stereocenters. The minimum atomic E-state index is -1.30. The molecule has 0 spiro atoms. The van der Waals surface area contributed by atoms with Crippen LogP contribution in [0.5, 0.6) is 5.75 Å². The Hall–Kier alpha value is -4.10. The second-order valence-electron chi connectivity index (χ2n) is 7.21. The molecule has 0 fully saturated rings. The predicted octanol–water partition coefficient (Wildman–Crippen LogP) is 4.28. The van der Waals surface area contributed by atoms with Crippen molar-refractivity contribution in [3.63, 3.8) is 0 Å². The number of aromatic carboxylic acids is 1. The summed E-state index contributed by atoms with van der Waals surface area (Å²) in [5.74, 6) is -1.27. The van der Waals surface area contributed by atoms with Crippen molar-refractivity contribution in [2.24, 2.45) is 0 Å². The summed E-state index contributed by atoms with van der Waals surface area (Å²) in [6.45, 7) is -0.276. The Kier molecular flexibility index (Phi) is 6.15. The molecule has 1 amide bonds. The number of aromatic nitrogens is 1. The number of para-hydroxylation sites is 1. The number of rotatable bonds is 6. The molecule has 2 N–H and O–H groups in total. The number of methoxy groups -OCH3 is 1. The van der Waals surface area contributed by atoms with E-state index in [0.717, 1.165) is 0 Å². The number of halogens is 1. The fourth-order valence-corrected chi connectivity index (χ4v) is 3.84. The van der Waals surface area contributed by atoms with Crippen molar-refractivity contribution >= 4 is 34.4 Å². The molecule has 0 saturated heterocycles. The van der Waals surface area contributed by atoms with Gasteiger partial charge in [-0.15, -0.1) is 0 Å². The number of pyridine rings is 1. The molecule has 33 heavy (non-hydrogen) atoms. The van der Waals surface area contributed by atoms with Crippen LogP contribution in [0.1, 0.15) is 26.4 Å². The number of amides is 1. The van der Waals surface area contributed by atoms with E-state index in [2.05, 4.69) is 5.32 Å². The molecule has 4 rings (SSSR count). The van der Waals surface area contributed by atoms with Gasteiger partial charge in [0.2, 0.25) is 0 Å². The third-order valence-corrected chi connectivity index (χ3v) is 5.44.